The first-order valence-corrected chi connectivity index (χ1v) is 8.08. The Morgan fingerprint density at radius 2 is 2.09 bits per heavy atom. The van der Waals surface area contributed by atoms with Crippen molar-refractivity contribution in [3.05, 3.63) is 24.9 Å². The lowest BCUT2D eigenvalue weighted by Crippen LogP contribution is -2.49. The van der Waals surface area contributed by atoms with Crippen LogP contribution in [0.15, 0.2) is 24.9 Å². The lowest BCUT2D eigenvalue weighted by molar-refractivity contribution is -0.131. The first kappa shape index (κ1) is 15.7. The van der Waals surface area contributed by atoms with Crippen molar-refractivity contribution in [3.63, 3.8) is 0 Å². The number of hydrogen-bond acceptors (Lipinski definition) is 6. The molecule has 8 nitrogen and oxygen atoms in total. The first-order chi connectivity index (χ1) is 11.3. The molecule has 0 spiro atoms. The molecule has 0 aliphatic carbocycles. The average Bonchev–Trinajstić information content (AvgIpc) is 3.14. The minimum atomic E-state index is 0.169. The molecule has 2 aromatic heterocycles. The van der Waals surface area contributed by atoms with E-state index in [1.54, 1.807) is 23.3 Å². The van der Waals surface area contributed by atoms with Crippen molar-refractivity contribution in [1.82, 2.24) is 29.6 Å². The Morgan fingerprint density at radius 1 is 1.26 bits per heavy atom. The van der Waals surface area contributed by atoms with Crippen LogP contribution in [0, 0.1) is 0 Å². The number of anilines is 1. The molecule has 0 bridgehead atoms. The lowest BCUT2D eigenvalue weighted by Gasteiger charge is -2.34. The maximum atomic E-state index is 12.0. The van der Waals surface area contributed by atoms with E-state index in [-0.39, 0.29) is 5.91 Å². The van der Waals surface area contributed by atoms with Gasteiger partial charge in [0.25, 0.3) is 0 Å². The van der Waals surface area contributed by atoms with Crippen LogP contribution in [0.1, 0.15) is 12.8 Å². The second-order valence-corrected chi connectivity index (χ2v) is 5.59. The predicted molar refractivity (Wildman–Crippen MR) is 85.7 cm³/mol. The Labute approximate surface area is 139 Å². The maximum Gasteiger partial charge on any atom is 0.227 e. The van der Waals surface area contributed by atoms with E-state index in [1.165, 1.54) is 6.33 Å². The number of carbonyl (C=O) groups is 1. The molecule has 1 aliphatic heterocycles. The van der Waals surface area contributed by atoms with Gasteiger partial charge in [0.1, 0.15) is 12.7 Å². The molecule has 1 saturated heterocycles. The Hall–Kier alpha value is -2.22. The Kier molecular flexibility index (Phi) is 5.02. The summed E-state index contributed by atoms with van der Waals surface area (Å²) in [6.45, 7) is 2.79. The molecule has 1 aliphatic rings. The fraction of sp³-hybridized carbons (Fsp3) is 0.500. The van der Waals surface area contributed by atoms with E-state index in [4.69, 9.17) is 11.6 Å². The highest BCUT2D eigenvalue weighted by molar-refractivity contribution is 6.17. The van der Waals surface area contributed by atoms with Gasteiger partial charge < -0.3 is 9.80 Å². The minimum Gasteiger partial charge on any atom is -0.339 e. The van der Waals surface area contributed by atoms with Gasteiger partial charge >= 0.3 is 0 Å². The SMILES string of the molecule is O=C(CCCCl)N1CCN(c2nccc(-n3cncn3)n2)CC1. The van der Waals surface area contributed by atoms with E-state index < -0.39 is 0 Å². The van der Waals surface area contributed by atoms with Gasteiger partial charge in [0, 0.05) is 50.7 Å². The molecule has 1 fully saturated rings. The summed E-state index contributed by atoms with van der Waals surface area (Å²) in [7, 11) is 0. The Bertz CT molecular complexity index is 640. The van der Waals surface area contributed by atoms with Gasteiger partial charge in [0.2, 0.25) is 11.9 Å². The van der Waals surface area contributed by atoms with E-state index in [0.29, 0.717) is 50.2 Å². The van der Waals surface area contributed by atoms with Crippen LogP contribution in [0.2, 0.25) is 0 Å². The molecule has 1 amide bonds. The summed E-state index contributed by atoms with van der Waals surface area (Å²) >= 11 is 5.64. The van der Waals surface area contributed by atoms with Crippen LogP contribution in [0.25, 0.3) is 5.82 Å². The van der Waals surface area contributed by atoms with Crippen LogP contribution < -0.4 is 4.90 Å². The number of nitrogens with zero attached hydrogens (tertiary/aromatic N) is 7. The topological polar surface area (TPSA) is 80.0 Å². The molecule has 23 heavy (non-hydrogen) atoms. The summed E-state index contributed by atoms with van der Waals surface area (Å²) in [5.74, 6) is 2.01. The highest BCUT2D eigenvalue weighted by Crippen LogP contribution is 2.13. The van der Waals surface area contributed by atoms with Crippen molar-refractivity contribution in [2.24, 2.45) is 0 Å². The van der Waals surface area contributed by atoms with Crippen LogP contribution in [-0.4, -0.2) is 67.6 Å². The number of alkyl halides is 1. The van der Waals surface area contributed by atoms with Gasteiger partial charge in [0.15, 0.2) is 5.82 Å². The summed E-state index contributed by atoms with van der Waals surface area (Å²) < 4.78 is 1.59. The van der Waals surface area contributed by atoms with E-state index in [2.05, 4.69) is 25.0 Å². The first-order valence-electron chi connectivity index (χ1n) is 7.54. The second-order valence-electron chi connectivity index (χ2n) is 5.22. The molecule has 0 atom stereocenters. The molecule has 0 N–H and O–H groups in total. The van der Waals surface area contributed by atoms with Crippen molar-refractivity contribution < 1.29 is 4.79 Å². The number of halogens is 1. The number of piperazine rings is 1. The van der Waals surface area contributed by atoms with Crippen molar-refractivity contribution in [2.45, 2.75) is 12.8 Å². The summed E-state index contributed by atoms with van der Waals surface area (Å²) in [6, 6.07) is 1.78. The van der Waals surface area contributed by atoms with Gasteiger partial charge in [-0.25, -0.2) is 14.6 Å². The summed E-state index contributed by atoms with van der Waals surface area (Å²) in [4.78, 5) is 28.7. The molecular weight excluding hydrogens is 318 g/mol. The zero-order valence-electron chi connectivity index (χ0n) is 12.7. The van der Waals surface area contributed by atoms with E-state index >= 15 is 0 Å². The number of rotatable bonds is 5. The molecular formula is C14H18ClN7O. The highest BCUT2D eigenvalue weighted by atomic mass is 35.5. The molecule has 3 heterocycles. The van der Waals surface area contributed by atoms with Crippen LogP contribution in [-0.2, 0) is 4.79 Å². The third-order valence-electron chi connectivity index (χ3n) is 3.72. The number of carbonyl (C=O) groups excluding carboxylic acids is 1. The normalized spacial score (nSPS) is 15.0. The standard InChI is InChI=1S/C14H18ClN7O/c15-4-1-2-13(23)20-6-8-21(9-7-20)14-17-5-3-12(19-14)22-11-16-10-18-22/h3,5,10-11H,1-2,4,6-9H2. The molecule has 2 aromatic rings. The molecule has 3 rings (SSSR count). The number of aromatic nitrogens is 5. The third kappa shape index (κ3) is 3.76. The van der Waals surface area contributed by atoms with E-state index in [0.717, 1.165) is 6.42 Å². The van der Waals surface area contributed by atoms with Crippen molar-refractivity contribution >= 4 is 23.5 Å². The predicted octanol–water partition coefficient (Wildman–Crippen LogP) is 0.725. The molecule has 0 aromatic carbocycles. The average molecular weight is 336 g/mol. The minimum absolute atomic E-state index is 0.169. The molecule has 122 valence electrons. The maximum absolute atomic E-state index is 12.0. The molecule has 9 heteroatoms. The second kappa shape index (κ2) is 7.36. The summed E-state index contributed by atoms with van der Waals surface area (Å²) in [5.41, 5.74) is 0. The van der Waals surface area contributed by atoms with Crippen LogP contribution in [0.4, 0.5) is 5.95 Å². The fourth-order valence-electron chi connectivity index (χ4n) is 2.48. The largest absolute Gasteiger partial charge is 0.339 e. The summed E-state index contributed by atoms with van der Waals surface area (Å²) in [6.07, 6.45) is 6.01. The number of amides is 1. The van der Waals surface area contributed by atoms with Gasteiger partial charge in [-0.2, -0.15) is 10.1 Å². The van der Waals surface area contributed by atoms with Gasteiger partial charge in [0.05, 0.1) is 0 Å². The summed E-state index contributed by atoms with van der Waals surface area (Å²) in [5, 5.41) is 4.07. The molecule has 0 radical (unpaired) electrons. The van der Waals surface area contributed by atoms with Crippen LogP contribution >= 0.6 is 11.6 Å². The van der Waals surface area contributed by atoms with Crippen LogP contribution in [0.5, 0.6) is 0 Å². The van der Waals surface area contributed by atoms with Gasteiger partial charge in [-0.15, -0.1) is 11.6 Å². The number of hydrogen-bond donors (Lipinski definition) is 0. The molecule has 0 unspecified atom stereocenters. The highest BCUT2D eigenvalue weighted by Gasteiger charge is 2.22. The van der Waals surface area contributed by atoms with Gasteiger partial charge in [-0.05, 0) is 6.42 Å². The zero-order chi connectivity index (χ0) is 16.1. The quantitative estimate of drug-likeness (QED) is 0.749. The smallest absolute Gasteiger partial charge is 0.227 e. The van der Waals surface area contributed by atoms with Gasteiger partial charge in [-0.1, -0.05) is 0 Å². The zero-order valence-corrected chi connectivity index (χ0v) is 13.4. The fourth-order valence-corrected chi connectivity index (χ4v) is 2.61. The Morgan fingerprint density at radius 3 is 2.78 bits per heavy atom. The van der Waals surface area contributed by atoms with Crippen LogP contribution in [0.3, 0.4) is 0 Å². The third-order valence-corrected chi connectivity index (χ3v) is 3.99. The van der Waals surface area contributed by atoms with E-state index in [1.807, 2.05) is 4.90 Å². The van der Waals surface area contributed by atoms with Crippen molar-refractivity contribution in [2.75, 3.05) is 37.0 Å². The lowest BCUT2D eigenvalue weighted by atomic mass is 10.2. The monoisotopic (exact) mass is 335 g/mol. The molecule has 0 saturated carbocycles. The van der Waals surface area contributed by atoms with Crippen molar-refractivity contribution in [1.29, 1.82) is 0 Å². The van der Waals surface area contributed by atoms with E-state index in [9.17, 15) is 4.79 Å². The van der Waals surface area contributed by atoms with Gasteiger partial charge in [-0.3, -0.25) is 4.79 Å². The Balaban J connectivity index is 1.62. The van der Waals surface area contributed by atoms with Crippen molar-refractivity contribution in [3.8, 4) is 5.82 Å².